The van der Waals surface area contributed by atoms with Gasteiger partial charge in [-0.15, -0.1) is 0 Å². The highest BCUT2D eigenvalue weighted by molar-refractivity contribution is 6.00. The summed E-state index contributed by atoms with van der Waals surface area (Å²) >= 11 is 0. The lowest BCUT2D eigenvalue weighted by molar-refractivity contribution is 0.101. The Bertz CT molecular complexity index is 1760. The predicted octanol–water partition coefficient (Wildman–Crippen LogP) is 9.36. The third kappa shape index (κ3) is 9.32. The first-order chi connectivity index (χ1) is 23.2. The number of benzene rings is 2. The fourth-order valence-electron chi connectivity index (χ4n) is 5.15. The molecule has 0 aliphatic carbocycles. The average molecular weight is 656 g/mol. The normalized spacial score (nSPS) is 11.2. The van der Waals surface area contributed by atoms with Crippen LogP contribution < -0.4 is 11.5 Å². The molecule has 5 aromatic rings. The minimum absolute atomic E-state index is 0.00981. The maximum atomic E-state index is 10.6. The van der Waals surface area contributed by atoms with Gasteiger partial charge in [-0.2, -0.15) is 0 Å². The summed E-state index contributed by atoms with van der Waals surface area (Å²) in [6, 6.07) is 17.0. The minimum Gasteiger partial charge on any atom is -0.398 e. The number of pyridine rings is 3. The van der Waals surface area contributed by atoms with Gasteiger partial charge >= 0.3 is 0 Å². The number of rotatable bonds is 5. The van der Waals surface area contributed by atoms with Crippen molar-refractivity contribution in [3.8, 4) is 0 Å². The molecule has 49 heavy (non-hydrogen) atoms. The van der Waals surface area contributed by atoms with Gasteiger partial charge in [0.15, 0.2) is 5.78 Å². The molecule has 0 fully saturated rings. The number of anilines is 2. The molecule has 4 N–H and O–H groups in total. The number of ketones is 1. The molecule has 0 bridgehead atoms. The van der Waals surface area contributed by atoms with Crippen LogP contribution in [-0.2, 0) is 0 Å². The number of carbonyl (C=O) groups is 1. The van der Waals surface area contributed by atoms with Crippen molar-refractivity contribution in [1.82, 2.24) is 15.0 Å². The Morgan fingerprint density at radius 1 is 0.469 bits per heavy atom. The molecule has 8 heteroatoms. The molecule has 0 saturated carbocycles. The third-order valence-corrected chi connectivity index (χ3v) is 8.94. The van der Waals surface area contributed by atoms with Crippen LogP contribution in [0.1, 0.15) is 87.2 Å². The average Bonchev–Trinajstić information content (AvgIpc) is 3.13. The number of aliphatic imine (C=N–C) groups is 2. The maximum Gasteiger partial charge on any atom is 0.178 e. The molecule has 0 aliphatic rings. The number of carbonyl (C=O) groups excluding carboxylic acids is 1. The molecule has 0 radical (unpaired) electrons. The van der Waals surface area contributed by atoms with E-state index in [9.17, 15) is 4.79 Å². The molecular formula is C41H49N7O. The van der Waals surface area contributed by atoms with Crippen molar-refractivity contribution in [3.05, 3.63) is 135 Å². The molecule has 3 heterocycles. The van der Waals surface area contributed by atoms with Crippen LogP contribution in [-0.4, -0.2) is 32.2 Å². The van der Waals surface area contributed by atoms with Gasteiger partial charge in [-0.25, -0.2) is 0 Å². The second-order valence-corrected chi connectivity index (χ2v) is 12.1. The number of nitrogens with two attached hydrogens (primary N) is 2. The van der Waals surface area contributed by atoms with Crippen molar-refractivity contribution < 1.29 is 4.79 Å². The molecule has 0 unspecified atom stereocenters. The number of Topliss-reactive ketones (excluding diaryl/α,β-unsaturated/α-hetero) is 1. The van der Waals surface area contributed by atoms with Crippen LogP contribution in [0.4, 0.5) is 22.7 Å². The Morgan fingerprint density at radius 2 is 0.755 bits per heavy atom. The van der Waals surface area contributed by atoms with Gasteiger partial charge in [-0.05, 0) is 150 Å². The quantitative estimate of drug-likeness (QED) is 0.110. The SMILES string of the molecule is CC(=Nc1c(C)c(C)c(N=C(C)c2ccccn2)c(C)c1C)c1ccccn1.CC(=O)c1ccccn1.Cc1c(C)c(N)c(C)c(C)c1N. The van der Waals surface area contributed by atoms with Crippen LogP contribution >= 0.6 is 0 Å². The highest BCUT2D eigenvalue weighted by atomic mass is 16.1. The number of hydrogen-bond donors (Lipinski definition) is 2. The lowest BCUT2D eigenvalue weighted by Crippen LogP contribution is -2.04. The smallest absolute Gasteiger partial charge is 0.178 e. The molecule has 2 aromatic carbocycles. The minimum atomic E-state index is 0.00981. The van der Waals surface area contributed by atoms with Gasteiger partial charge in [0.2, 0.25) is 0 Å². The standard InChI is InChI=1S/C24H26N4.C10H16N2.C7H7NO/c1-15-16(2)24(28-20(6)22-12-8-10-14-26-22)18(4)17(3)23(15)27-19(5)21-11-7-9-13-25-21;1-5-6(2)10(12)8(4)7(3)9(5)11;1-6(9)7-4-2-3-5-8-7/h7-14H,1-6H3;11-12H2,1-4H3;2-5H,1H3. The van der Waals surface area contributed by atoms with Gasteiger partial charge in [-0.3, -0.25) is 29.7 Å². The molecule has 0 atom stereocenters. The van der Waals surface area contributed by atoms with Crippen molar-refractivity contribution in [2.75, 3.05) is 11.5 Å². The van der Waals surface area contributed by atoms with Crippen molar-refractivity contribution in [1.29, 1.82) is 0 Å². The van der Waals surface area contributed by atoms with E-state index in [1.165, 1.54) is 6.92 Å². The second-order valence-electron chi connectivity index (χ2n) is 12.1. The van der Waals surface area contributed by atoms with Crippen LogP contribution in [0.5, 0.6) is 0 Å². The van der Waals surface area contributed by atoms with Crippen molar-refractivity contribution in [2.24, 2.45) is 9.98 Å². The zero-order valence-corrected chi connectivity index (χ0v) is 30.7. The molecule has 0 amide bonds. The first kappa shape index (κ1) is 38.0. The lowest BCUT2D eigenvalue weighted by Gasteiger charge is -2.17. The van der Waals surface area contributed by atoms with Crippen LogP contribution in [0.3, 0.4) is 0 Å². The van der Waals surface area contributed by atoms with Crippen molar-refractivity contribution in [3.63, 3.8) is 0 Å². The van der Waals surface area contributed by atoms with Gasteiger partial charge in [0.25, 0.3) is 0 Å². The highest BCUT2D eigenvalue weighted by Gasteiger charge is 2.16. The Kier molecular flexibility index (Phi) is 13.2. The summed E-state index contributed by atoms with van der Waals surface area (Å²) in [6.45, 7) is 22.0. The topological polar surface area (TPSA) is 132 Å². The Balaban J connectivity index is 0.000000252. The van der Waals surface area contributed by atoms with E-state index in [-0.39, 0.29) is 5.78 Å². The summed E-state index contributed by atoms with van der Waals surface area (Å²) in [5.74, 6) is 0.00981. The van der Waals surface area contributed by atoms with E-state index < -0.39 is 0 Å². The molecule has 254 valence electrons. The zero-order valence-electron chi connectivity index (χ0n) is 30.7. The largest absolute Gasteiger partial charge is 0.398 e. The van der Waals surface area contributed by atoms with E-state index in [0.29, 0.717) is 5.69 Å². The Hall–Kier alpha value is -5.50. The van der Waals surface area contributed by atoms with E-state index in [0.717, 1.165) is 90.1 Å². The Morgan fingerprint density at radius 3 is 0.980 bits per heavy atom. The summed E-state index contributed by atoms with van der Waals surface area (Å²) in [5, 5.41) is 0. The van der Waals surface area contributed by atoms with E-state index >= 15 is 0 Å². The second kappa shape index (κ2) is 17.1. The first-order valence-corrected chi connectivity index (χ1v) is 16.2. The monoisotopic (exact) mass is 655 g/mol. The van der Waals surface area contributed by atoms with Gasteiger partial charge in [-0.1, -0.05) is 18.2 Å². The zero-order chi connectivity index (χ0) is 36.4. The van der Waals surface area contributed by atoms with Crippen LogP contribution in [0.2, 0.25) is 0 Å². The number of aromatic nitrogens is 3. The van der Waals surface area contributed by atoms with Gasteiger partial charge in [0, 0.05) is 36.9 Å². The van der Waals surface area contributed by atoms with Crippen LogP contribution in [0.25, 0.3) is 0 Å². The summed E-state index contributed by atoms with van der Waals surface area (Å²) in [7, 11) is 0. The van der Waals surface area contributed by atoms with Crippen LogP contribution in [0.15, 0.2) is 83.2 Å². The fraction of sp³-hybridized carbons (Fsp3) is 0.268. The van der Waals surface area contributed by atoms with Gasteiger partial charge in [0.05, 0.1) is 34.2 Å². The number of nitrogens with zero attached hydrogens (tertiary/aromatic N) is 5. The number of nitrogen functional groups attached to an aromatic ring is 2. The van der Waals surface area contributed by atoms with Crippen molar-refractivity contribution in [2.45, 2.75) is 76.2 Å². The third-order valence-electron chi connectivity index (χ3n) is 8.94. The van der Waals surface area contributed by atoms with Crippen LogP contribution in [0, 0.1) is 55.4 Å². The van der Waals surface area contributed by atoms with Gasteiger partial charge < -0.3 is 11.5 Å². The molecule has 0 spiro atoms. The number of hydrogen-bond acceptors (Lipinski definition) is 8. The fourth-order valence-corrected chi connectivity index (χ4v) is 5.15. The maximum absolute atomic E-state index is 10.6. The van der Waals surface area contributed by atoms with E-state index in [1.807, 2.05) is 77.9 Å². The molecule has 5 rings (SSSR count). The van der Waals surface area contributed by atoms with E-state index in [4.69, 9.17) is 21.5 Å². The predicted molar refractivity (Wildman–Crippen MR) is 206 cm³/mol. The lowest BCUT2D eigenvalue weighted by atomic mass is 9.96. The summed E-state index contributed by atoms with van der Waals surface area (Å²) < 4.78 is 0. The Labute approximate surface area is 291 Å². The first-order valence-electron chi connectivity index (χ1n) is 16.2. The summed E-state index contributed by atoms with van der Waals surface area (Å²) in [4.78, 5) is 33.1. The molecule has 3 aromatic heterocycles. The molecule has 0 saturated heterocycles. The highest BCUT2D eigenvalue weighted by Crippen LogP contribution is 2.38. The van der Waals surface area contributed by atoms with E-state index in [2.05, 4.69) is 42.6 Å². The summed E-state index contributed by atoms with van der Waals surface area (Å²) in [5.41, 5.74) is 28.7. The molecule has 8 nitrogen and oxygen atoms in total. The van der Waals surface area contributed by atoms with Gasteiger partial charge in [0.1, 0.15) is 5.69 Å². The van der Waals surface area contributed by atoms with E-state index in [1.54, 1.807) is 36.8 Å². The molecular weight excluding hydrogens is 606 g/mol. The van der Waals surface area contributed by atoms with Crippen molar-refractivity contribution >= 4 is 40.0 Å². The summed E-state index contributed by atoms with van der Waals surface area (Å²) in [6.07, 6.45) is 5.20. The molecule has 0 aliphatic heterocycles.